The zero-order chi connectivity index (χ0) is 24.8. The molecular weight excluding hydrogens is 434 g/mol. The molecule has 2 amide bonds. The van der Waals surface area contributed by atoms with Crippen molar-refractivity contribution in [2.45, 2.75) is 52.5 Å². The minimum atomic E-state index is -0.607. The predicted molar refractivity (Wildman–Crippen MR) is 129 cm³/mol. The van der Waals surface area contributed by atoms with Crippen molar-refractivity contribution in [1.82, 2.24) is 15.1 Å². The Kier molecular flexibility index (Phi) is 8.72. The first kappa shape index (κ1) is 25.7. The van der Waals surface area contributed by atoms with Gasteiger partial charge in [-0.1, -0.05) is 38.1 Å². The number of amides is 2. The maximum absolute atomic E-state index is 13.2. The summed E-state index contributed by atoms with van der Waals surface area (Å²) >= 11 is 0. The Hall–Kier alpha value is -2.87. The number of ether oxygens (including phenoxy) is 2. The molecule has 0 saturated carbocycles. The van der Waals surface area contributed by atoms with Gasteiger partial charge in [0, 0.05) is 25.8 Å². The van der Waals surface area contributed by atoms with E-state index in [1.165, 1.54) is 10.5 Å². The number of likely N-dealkylation sites (N-methyl/N-ethyl adjacent to an activating group) is 1. The standard InChI is InChI=1S/C26H37N3O5/c1-6-33-24(30)20-9-8-14-29(15-20)16-21-22(25(31)34-7-2)23(27-26(32)28(21)5)19-12-10-18(11-13-19)17(3)4/h10-13,17,20,23H,6-9,14-16H2,1-5H3,(H,27,32). The van der Waals surface area contributed by atoms with Gasteiger partial charge < -0.3 is 14.8 Å². The topological polar surface area (TPSA) is 88.2 Å². The Balaban J connectivity index is 1.96. The van der Waals surface area contributed by atoms with E-state index in [1.807, 2.05) is 24.3 Å². The van der Waals surface area contributed by atoms with Gasteiger partial charge in [0.2, 0.25) is 0 Å². The number of carbonyl (C=O) groups excluding carboxylic acids is 3. The fourth-order valence-corrected chi connectivity index (χ4v) is 4.58. The molecule has 0 aromatic heterocycles. The lowest BCUT2D eigenvalue weighted by molar-refractivity contribution is -0.150. The van der Waals surface area contributed by atoms with Crippen LogP contribution in [0, 0.1) is 5.92 Å². The minimum absolute atomic E-state index is 0.190. The molecule has 2 heterocycles. The van der Waals surface area contributed by atoms with Gasteiger partial charge in [0.15, 0.2) is 0 Å². The van der Waals surface area contributed by atoms with E-state index in [2.05, 4.69) is 24.1 Å². The van der Waals surface area contributed by atoms with Crippen LogP contribution in [0.25, 0.3) is 0 Å². The van der Waals surface area contributed by atoms with Crippen molar-refractivity contribution < 1.29 is 23.9 Å². The zero-order valence-corrected chi connectivity index (χ0v) is 20.9. The molecule has 3 rings (SSSR count). The molecule has 0 radical (unpaired) electrons. The number of hydrogen-bond acceptors (Lipinski definition) is 6. The van der Waals surface area contributed by atoms with Gasteiger partial charge in [0.05, 0.1) is 30.7 Å². The van der Waals surface area contributed by atoms with Crippen LogP contribution in [0.5, 0.6) is 0 Å². The molecular formula is C26H37N3O5. The summed E-state index contributed by atoms with van der Waals surface area (Å²) < 4.78 is 10.6. The Morgan fingerprint density at radius 3 is 2.41 bits per heavy atom. The molecule has 0 spiro atoms. The first-order valence-corrected chi connectivity index (χ1v) is 12.2. The molecule has 186 valence electrons. The second-order valence-corrected chi connectivity index (χ2v) is 9.17. The van der Waals surface area contributed by atoms with Gasteiger partial charge in [-0.2, -0.15) is 0 Å². The molecule has 8 nitrogen and oxygen atoms in total. The van der Waals surface area contributed by atoms with Gasteiger partial charge in [-0.05, 0) is 50.3 Å². The monoisotopic (exact) mass is 471 g/mol. The Labute approximate surface area is 202 Å². The maximum atomic E-state index is 13.2. The summed E-state index contributed by atoms with van der Waals surface area (Å²) in [4.78, 5) is 42.0. The molecule has 2 aliphatic heterocycles. The molecule has 34 heavy (non-hydrogen) atoms. The molecule has 0 aliphatic carbocycles. The van der Waals surface area contributed by atoms with Gasteiger partial charge in [-0.25, -0.2) is 9.59 Å². The lowest BCUT2D eigenvalue weighted by atomic mass is 9.91. The van der Waals surface area contributed by atoms with Gasteiger partial charge in [0.1, 0.15) is 0 Å². The number of piperidine rings is 1. The number of nitrogens with one attached hydrogen (secondary N) is 1. The molecule has 2 aliphatic rings. The summed E-state index contributed by atoms with van der Waals surface area (Å²) in [6.45, 7) is 10.1. The van der Waals surface area contributed by atoms with Crippen molar-refractivity contribution in [3.63, 3.8) is 0 Å². The second kappa shape index (κ2) is 11.5. The maximum Gasteiger partial charge on any atom is 0.338 e. The largest absolute Gasteiger partial charge is 0.466 e. The summed E-state index contributed by atoms with van der Waals surface area (Å²) in [6.07, 6.45) is 1.63. The van der Waals surface area contributed by atoms with Crippen LogP contribution in [0.15, 0.2) is 35.5 Å². The fraction of sp³-hybridized carbons (Fsp3) is 0.577. The first-order valence-electron chi connectivity index (χ1n) is 12.2. The van der Waals surface area contributed by atoms with Gasteiger partial charge in [0.25, 0.3) is 0 Å². The predicted octanol–water partition coefficient (Wildman–Crippen LogP) is 3.60. The van der Waals surface area contributed by atoms with Gasteiger partial charge in [-0.15, -0.1) is 0 Å². The van der Waals surface area contributed by atoms with Crippen LogP contribution in [0.2, 0.25) is 0 Å². The number of carbonyl (C=O) groups is 3. The van der Waals surface area contributed by atoms with Gasteiger partial charge in [-0.3, -0.25) is 14.6 Å². The van der Waals surface area contributed by atoms with Crippen molar-refractivity contribution in [3.05, 3.63) is 46.7 Å². The summed E-state index contributed by atoms with van der Waals surface area (Å²) in [5, 5.41) is 2.97. The van der Waals surface area contributed by atoms with Crippen molar-refractivity contribution in [1.29, 1.82) is 0 Å². The van der Waals surface area contributed by atoms with E-state index < -0.39 is 12.0 Å². The number of esters is 2. The van der Waals surface area contributed by atoms with Crippen LogP contribution in [0.1, 0.15) is 63.6 Å². The zero-order valence-electron chi connectivity index (χ0n) is 20.9. The van der Waals surface area contributed by atoms with E-state index in [9.17, 15) is 14.4 Å². The first-order chi connectivity index (χ1) is 16.3. The molecule has 8 heteroatoms. The van der Waals surface area contributed by atoms with Crippen LogP contribution >= 0.6 is 0 Å². The number of hydrogen-bond donors (Lipinski definition) is 1. The average Bonchev–Trinajstić information content (AvgIpc) is 2.82. The van der Waals surface area contributed by atoms with E-state index >= 15 is 0 Å². The van der Waals surface area contributed by atoms with Crippen LogP contribution in [-0.2, 0) is 19.1 Å². The highest BCUT2D eigenvalue weighted by Gasteiger charge is 2.38. The third kappa shape index (κ3) is 5.78. The number of nitrogens with zero attached hydrogens (tertiary/aromatic N) is 2. The Morgan fingerprint density at radius 1 is 1.12 bits per heavy atom. The second-order valence-electron chi connectivity index (χ2n) is 9.17. The fourth-order valence-electron chi connectivity index (χ4n) is 4.58. The van der Waals surface area contributed by atoms with E-state index in [1.54, 1.807) is 20.9 Å². The normalized spacial score (nSPS) is 21.5. The van der Waals surface area contributed by atoms with E-state index in [0.29, 0.717) is 36.9 Å². The summed E-state index contributed by atoms with van der Waals surface area (Å²) in [6, 6.07) is 7.09. The van der Waals surface area contributed by atoms with Crippen molar-refractivity contribution in [2.24, 2.45) is 5.92 Å². The molecule has 1 aromatic rings. The molecule has 1 saturated heterocycles. The highest BCUT2D eigenvalue weighted by molar-refractivity contribution is 5.95. The lowest BCUT2D eigenvalue weighted by Crippen LogP contribution is -2.50. The molecule has 1 fully saturated rings. The molecule has 1 aromatic carbocycles. The number of benzene rings is 1. The van der Waals surface area contributed by atoms with Crippen molar-refractivity contribution in [2.75, 3.05) is 39.9 Å². The number of rotatable bonds is 8. The van der Waals surface area contributed by atoms with E-state index in [-0.39, 0.29) is 24.5 Å². The average molecular weight is 472 g/mol. The summed E-state index contributed by atoms with van der Waals surface area (Å²) in [5.74, 6) is -0.462. The van der Waals surface area contributed by atoms with Crippen LogP contribution in [-0.4, -0.2) is 67.7 Å². The van der Waals surface area contributed by atoms with Crippen molar-refractivity contribution in [3.8, 4) is 0 Å². The third-order valence-electron chi connectivity index (χ3n) is 6.51. The highest BCUT2D eigenvalue weighted by atomic mass is 16.5. The van der Waals surface area contributed by atoms with E-state index in [4.69, 9.17) is 9.47 Å². The SMILES string of the molecule is CCOC(=O)C1=C(CN2CCCC(C(=O)OCC)C2)N(C)C(=O)NC1c1ccc(C(C)C)cc1. The Bertz CT molecular complexity index is 925. The third-order valence-corrected chi connectivity index (χ3v) is 6.51. The number of urea groups is 1. The van der Waals surface area contributed by atoms with Gasteiger partial charge >= 0.3 is 18.0 Å². The van der Waals surface area contributed by atoms with Crippen LogP contribution in [0.4, 0.5) is 4.79 Å². The number of likely N-dealkylation sites (tertiary alicyclic amines) is 1. The van der Waals surface area contributed by atoms with Crippen molar-refractivity contribution >= 4 is 18.0 Å². The summed E-state index contributed by atoms with van der Waals surface area (Å²) in [5.41, 5.74) is 3.04. The lowest BCUT2D eigenvalue weighted by Gasteiger charge is -2.38. The van der Waals surface area contributed by atoms with Crippen LogP contribution < -0.4 is 5.32 Å². The molecule has 2 unspecified atom stereocenters. The summed E-state index contributed by atoms with van der Waals surface area (Å²) in [7, 11) is 1.66. The Morgan fingerprint density at radius 2 is 1.79 bits per heavy atom. The molecule has 1 N–H and O–H groups in total. The quantitative estimate of drug-likeness (QED) is 0.583. The highest BCUT2D eigenvalue weighted by Crippen LogP contribution is 2.33. The van der Waals surface area contributed by atoms with Crippen LogP contribution in [0.3, 0.4) is 0 Å². The molecule has 0 bridgehead atoms. The minimum Gasteiger partial charge on any atom is -0.466 e. The smallest absolute Gasteiger partial charge is 0.338 e. The van der Waals surface area contributed by atoms with E-state index in [0.717, 1.165) is 24.9 Å². The molecule has 2 atom stereocenters.